The summed E-state index contributed by atoms with van der Waals surface area (Å²) in [6.07, 6.45) is 0. The third-order valence-corrected chi connectivity index (χ3v) is 6.17. The number of hydrogen-bond donors (Lipinski definition) is 1. The van der Waals surface area contributed by atoms with E-state index in [2.05, 4.69) is 36.6 Å². The molecular formula is C15H15Br2NO2S. The van der Waals surface area contributed by atoms with Crippen molar-refractivity contribution >= 4 is 47.6 Å². The molecule has 0 heterocycles. The molecule has 0 bridgehead atoms. The molecule has 2 rings (SSSR count). The van der Waals surface area contributed by atoms with Gasteiger partial charge in [-0.3, -0.25) is 4.72 Å². The second-order valence-electron chi connectivity index (χ2n) is 4.88. The summed E-state index contributed by atoms with van der Waals surface area (Å²) in [6.45, 7) is 5.75. The van der Waals surface area contributed by atoms with Crippen LogP contribution in [0.4, 0.5) is 5.69 Å². The van der Waals surface area contributed by atoms with Gasteiger partial charge in [0.05, 0.1) is 10.6 Å². The van der Waals surface area contributed by atoms with Crippen LogP contribution in [-0.4, -0.2) is 8.42 Å². The molecule has 0 unspecified atom stereocenters. The number of nitrogens with one attached hydrogen (secondary N) is 1. The second kappa shape index (κ2) is 6.10. The van der Waals surface area contributed by atoms with Crippen LogP contribution in [0.2, 0.25) is 0 Å². The van der Waals surface area contributed by atoms with Crippen LogP contribution in [0.3, 0.4) is 0 Å². The SMILES string of the molecule is Cc1ccc(S(=O)(=O)Nc2c(Br)cc(Br)c(C)c2C)cc1. The first kappa shape index (κ1) is 16.5. The number of sulfonamides is 1. The minimum Gasteiger partial charge on any atom is -0.278 e. The third-order valence-electron chi connectivity index (χ3n) is 3.36. The van der Waals surface area contributed by atoms with Gasteiger partial charge in [0.25, 0.3) is 10.0 Å². The van der Waals surface area contributed by atoms with E-state index in [0.29, 0.717) is 10.2 Å². The monoisotopic (exact) mass is 431 g/mol. The first-order valence-electron chi connectivity index (χ1n) is 6.27. The van der Waals surface area contributed by atoms with Gasteiger partial charge in [0.15, 0.2) is 0 Å². The minimum absolute atomic E-state index is 0.250. The average Bonchev–Trinajstić information content (AvgIpc) is 2.42. The quantitative estimate of drug-likeness (QED) is 0.746. The van der Waals surface area contributed by atoms with E-state index in [4.69, 9.17) is 0 Å². The van der Waals surface area contributed by atoms with Gasteiger partial charge in [0, 0.05) is 8.95 Å². The number of rotatable bonds is 3. The van der Waals surface area contributed by atoms with Crippen molar-refractivity contribution in [2.45, 2.75) is 25.7 Å². The van der Waals surface area contributed by atoms with Crippen LogP contribution in [0.1, 0.15) is 16.7 Å². The molecule has 1 N–H and O–H groups in total. The molecule has 0 amide bonds. The van der Waals surface area contributed by atoms with E-state index in [1.54, 1.807) is 24.3 Å². The highest BCUT2D eigenvalue weighted by atomic mass is 79.9. The zero-order valence-electron chi connectivity index (χ0n) is 11.9. The van der Waals surface area contributed by atoms with Crippen molar-refractivity contribution < 1.29 is 8.42 Å². The average molecular weight is 433 g/mol. The fourth-order valence-electron chi connectivity index (χ4n) is 1.87. The maximum absolute atomic E-state index is 12.5. The van der Waals surface area contributed by atoms with Crippen molar-refractivity contribution in [3.8, 4) is 0 Å². The molecule has 0 saturated heterocycles. The topological polar surface area (TPSA) is 46.2 Å². The number of halogens is 2. The van der Waals surface area contributed by atoms with Crippen molar-refractivity contribution in [1.82, 2.24) is 0 Å². The van der Waals surface area contributed by atoms with Crippen LogP contribution in [0.15, 0.2) is 44.2 Å². The summed E-state index contributed by atoms with van der Waals surface area (Å²) in [6, 6.07) is 8.61. The second-order valence-corrected chi connectivity index (χ2v) is 8.27. The lowest BCUT2D eigenvalue weighted by atomic mass is 10.1. The predicted octanol–water partition coefficient (Wildman–Crippen LogP) is 4.94. The fraction of sp³-hybridized carbons (Fsp3) is 0.200. The van der Waals surface area contributed by atoms with E-state index in [0.717, 1.165) is 21.2 Å². The number of benzene rings is 2. The molecular weight excluding hydrogens is 418 g/mol. The highest BCUT2D eigenvalue weighted by Crippen LogP contribution is 2.35. The lowest BCUT2D eigenvalue weighted by Gasteiger charge is -2.15. The van der Waals surface area contributed by atoms with Crippen molar-refractivity contribution in [2.75, 3.05) is 4.72 Å². The van der Waals surface area contributed by atoms with E-state index in [1.807, 2.05) is 26.8 Å². The van der Waals surface area contributed by atoms with E-state index >= 15 is 0 Å². The molecule has 0 saturated carbocycles. The lowest BCUT2D eigenvalue weighted by Crippen LogP contribution is -2.14. The number of aryl methyl sites for hydroxylation is 1. The van der Waals surface area contributed by atoms with Crippen molar-refractivity contribution in [1.29, 1.82) is 0 Å². The number of anilines is 1. The van der Waals surface area contributed by atoms with Crippen LogP contribution in [-0.2, 0) is 10.0 Å². The van der Waals surface area contributed by atoms with Gasteiger partial charge in [0.2, 0.25) is 0 Å². The summed E-state index contributed by atoms with van der Waals surface area (Å²) < 4.78 is 29.2. The first-order chi connectivity index (χ1) is 9.72. The predicted molar refractivity (Wildman–Crippen MR) is 93.3 cm³/mol. The Morgan fingerprint density at radius 2 is 1.48 bits per heavy atom. The first-order valence-corrected chi connectivity index (χ1v) is 9.34. The molecule has 0 aliphatic rings. The van der Waals surface area contributed by atoms with Crippen molar-refractivity contribution in [3.63, 3.8) is 0 Å². The van der Waals surface area contributed by atoms with Crippen molar-refractivity contribution in [2.24, 2.45) is 0 Å². The Morgan fingerprint density at radius 3 is 2.05 bits per heavy atom. The molecule has 112 valence electrons. The molecule has 0 aromatic heterocycles. The normalized spacial score (nSPS) is 11.5. The summed E-state index contributed by atoms with van der Waals surface area (Å²) in [5.41, 5.74) is 3.47. The summed E-state index contributed by atoms with van der Waals surface area (Å²) in [5.74, 6) is 0. The van der Waals surface area contributed by atoms with Gasteiger partial charge in [-0.05, 0) is 66.0 Å². The summed E-state index contributed by atoms with van der Waals surface area (Å²) in [7, 11) is -3.60. The summed E-state index contributed by atoms with van der Waals surface area (Å²) in [4.78, 5) is 0.250. The van der Waals surface area contributed by atoms with E-state index in [-0.39, 0.29) is 4.90 Å². The highest BCUT2D eigenvalue weighted by molar-refractivity contribution is 9.11. The molecule has 21 heavy (non-hydrogen) atoms. The molecule has 0 fully saturated rings. The Labute approximate surface area is 142 Å². The maximum Gasteiger partial charge on any atom is 0.261 e. The van der Waals surface area contributed by atoms with Crippen molar-refractivity contribution in [3.05, 3.63) is 56.0 Å². The zero-order chi connectivity index (χ0) is 15.8. The molecule has 2 aromatic carbocycles. The van der Waals surface area contributed by atoms with Gasteiger partial charge >= 0.3 is 0 Å². The molecule has 2 aromatic rings. The summed E-state index contributed by atoms with van der Waals surface area (Å²) >= 11 is 6.87. The van der Waals surface area contributed by atoms with Gasteiger partial charge < -0.3 is 0 Å². The highest BCUT2D eigenvalue weighted by Gasteiger charge is 2.18. The summed E-state index contributed by atoms with van der Waals surface area (Å²) in [5, 5.41) is 0. The largest absolute Gasteiger partial charge is 0.278 e. The molecule has 0 aliphatic carbocycles. The zero-order valence-corrected chi connectivity index (χ0v) is 15.9. The Hall–Kier alpha value is -0.850. The van der Waals surface area contributed by atoms with Gasteiger partial charge in [-0.15, -0.1) is 0 Å². The fourth-order valence-corrected chi connectivity index (χ4v) is 4.61. The van der Waals surface area contributed by atoms with Gasteiger partial charge in [-0.25, -0.2) is 8.42 Å². The van der Waals surface area contributed by atoms with Crippen LogP contribution in [0.25, 0.3) is 0 Å². The smallest absolute Gasteiger partial charge is 0.261 e. The molecule has 0 atom stereocenters. The van der Waals surface area contributed by atoms with Crippen LogP contribution < -0.4 is 4.72 Å². The molecule has 0 radical (unpaired) electrons. The van der Waals surface area contributed by atoms with Gasteiger partial charge in [-0.2, -0.15) is 0 Å². The van der Waals surface area contributed by atoms with Crippen LogP contribution >= 0.6 is 31.9 Å². The van der Waals surface area contributed by atoms with Gasteiger partial charge in [-0.1, -0.05) is 33.6 Å². The Morgan fingerprint density at radius 1 is 0.905 bits per heavy atom. The van der Waals surface area contributed by atoms with E-state index < -0.39 is 10.0 Å². The Bertz CT molecular complexity index is 784. The number of hydrogen-bond acceptors (Lipinski definition) is 2. The lowest BCUT2D eigenvalue weighted by molar-refractivity contribution is 0.601. The standard InChI is InChI=1S/C15H15Br2NO2S/c1-9-4-6-12(7-5-9)21(19,20)18-15-11(3)10(2)13(16)8-14(15)17/h4-8,18H,1-3H3. The Balaban J connectivity index is 2.47. The molecule has 0 aliphatic heterocycles. The Kier molecular flexibility index (Phi) is 4.80. The van der Waals surface area contributed by atoms with E-state index in [1.165, 1.54) is 0 Å². The minimum atomic E-state index is -3.60. The molecule has 3 nitrogen and oxygen atoms in total. The van der Waals surface area contributed by atoms with Gasteiger partial charge in [0.1, 0.15) is 0 Å². The molecule has 6 heteroatoms. The third kappa shape index (κ3) is 3.49. The molecule has 0 spiro atoms. The van der Waals surface area contributed by atoms with E-state index in [9.17, 15) is 8.42 Å². The maximum atomic E-state index is 12.5. The van der Waals surface area contributed by atoms with Crippen LogP contribution in [0.5, 0.6) is 0 Å². The van der Waals surface area contributed by atoms with Crippen LogP contribution in [0, 0.1) is 20.8 Å².